The van der Waals surface area contributed by atoms with Crippen molar-refractivity contribution >= 4 is 33.2 Å². The molecule has 1 saturated heterocycles. The Morgan fingerprint density at radius 1 is 1.00 bits per heavy atom. The van der Waals surface area contributed by atoms with Crippen LogP contribution in [0.1, 0.15) is 5.82 Å². The molecule has 0 radical (unpaired) electrons. The first-order chi connectivity index (χ1) is 13.9. The number of hydrogen-bond donors (Lipinski definition) is 0. The SMILES string of the molecule is O=S(=O)(c1ccccc1)N1CCN(Cc2noc(-c3ccc(Cl)cc3Cl)n2)CC1. The van der Waals surface area contributed by atoms with Crippen LogP contribution in [0.4, 0.5) is 0 Å². The van der Waals surface area contributed by atoms with E-state index in [9.17, 15) is 8.42 Å². The topological polar surface area (TPSA) is 79.5 Å². The van der Waals surface area contributed by atoms with Crippen molar-refractivity contribution in [3.63, 3.8) is 0 Å². The number of halogens is 2. The molecule has 0 unspecified atom stereocenters. The number of piperazine rings is 1. The smallest absolute Gasteiger partial charge is 0.259 e. The fourth-order valence-corrected chi connectivity index (χ4v) is 5.09. The molecule has 0 saturated carbocycles. The zero-order chi connectivity index (χ0) is 20.4. The summed E-state index contributed by atoms with van der Waals surface area (Å²) in [5.41, 5.74) is 0.619. The lowest BCUT2D eigenvalue weighted by Gasteiger charge is -2.33. The predicted octanol–water partition coefficient (Wildman–Crippen LogP) is 3.55. The maximum Gasteiger partial charge on any atom is 0.259 e. The number of benzene rings is 2. The Morgan fingerprint density at radius 3 is 2.41 bits per heavy atom. The molecular weight excluding hydrogens is 435 g/mol. The van der Waals surface area contributed by atoms with Crippen molar-refractivity contribution < 1.29 is 12.9 Å². The lowest BCUT2D eigenvalue weighted by Crippen LogP contribution is -2.48. The van der Waals surface area contributed by atoms with Gasteiger partial charge in [-0.2, -0.15) is 9.29 Å². The highest BCUT2D eigenvalue weighted by molar-refractivity contribution is 7.89. The van der Waals surface area contributed by atoms with Crippen LogP contribution >= 0.6 is 23.2 Å². The van der Waals surface area contributed by atoms with Gasteiger partial charge >= 0.3 is 0 Å². The Labute approximate surface area is 178 Å². The minimum Gasteiger partial charge on any atom is -0.334 e. The van der Waals surface area contributed by atoms with Gasteiger partial charge in [-0.25, -0.2) is 8.42 Å². The number of aromatic nitrogens is 2. The average Bonchev–Trinajstić information content (AvgIpc) is 3.17. The van der Waals surface area contributed by atoms with Gasteiger partial charge in [-0.3, -0.25) is 4.90 Å². The van der Waals surface area contributed by atoms with Crippen LogP contribution in [0, 0.1) is 0 Å². The first-order valence-corrected chi connectivity index (χ1v) is 11.2. The van der Waals surface area contributed by atoms with Crippen LogP contribution in [0.5, 0.6) is 0 Å². The van der Waals surface area contributed by atoms with E-state index < -0.39 is 10.0 Å². The second-order valence-electron chi connectivity index (χ2n) is 6.63. The van der Waals surface area contributed by atoms with E-state index in [1.54, 1.807) is 48.5 Å². The molecule has 7 nitrogen and oxygen atoms in total. The number of rotatable bonds is 5. The van der Waals surface area contributed by atoms with Gasteiger partial charge in [0.05, 0.1) is 22.0 Å². The Bertz CT molecular complexity index is 1100. The van der Waals surface area contributed by atoms with E-state index in [4.69, 9.17) is 27.7 Å². The average molecular weight is 453 g/mol. The van der Waals surface area contributed by atoms with Crippen LogP contribution in [-0.4, -0.2) is 53.9 Å². The second-order valence-corrected chi connectivity index (χ2v) is 9.41. The molecule has 0 bridgehead atoms. The van der Waals surface area contributed by atoms with Gasteiger partial charge in [0.1, 0.15) is 0 Å². The summed E-state index contributed by atoms with van der Waals surface area (Å²) in [6.07, 6.45) is 0. The molecule has 2 heterocycles. The van der Waals surface area contributed by atoms with Crippen LogP contribution in [0.15, 0.2) is 57.9 Å². The zero-order valence-electron chi connectivity index (χ0n) is 15.3. The van der Waals surface area contributed by atoms with E-state index in [1.165, 1.54) is 4.31 Å². The Kier molecular flexibility index (Phi) is 5.89. The first kappa shape index (κ1) is 20.3. The van der Waals surface area contributed by atoms with Crippen molar-refractivity contribution in [2.75, 3.05) is 26.2 Å². The number of sulfonamides is 1. The van der Waals surface area contributed by atoms with E-state index in [2.05, 4.69) is 15.0 Å². The molecule has 1 aliphatic heterocycles. The van der Waals surface area contributed by atoms with Gasteiger partial charge in [0.15, 0.2) is 5.82 Å². The van der Waals surface area contributed by atoms with Gasteiger partial charge in [-0.15, -0.1) is 0 Å². The van der Waals surface area contributed by atoms with Crippen LogP contribution in [0.2, 0.25) is 10.0 Å². The van der Waals surface area contributed by atoms with Gasteiger partial charge < -0.3 is 4.52 Å². The summed E-state index contributed by atoms with van der Waals surface area (Å²) in [5, 5.41) is 4.98. The molecule has 1 aliphatic rings. The van der Waals surface area contributed by atoms with Gasteiger partial charge in [-0.1, -0.05) is 46.6 Å². The highest BCUT2D eigenvalue weighted by atomic mass is 35.5. The van der Waals surface area contributed by atoms with Gasteiger partial charge in [0, 0.05) is 31.2 Å². The molecule has 0 aliphatic carbocycles. The maximum atomic E-state index is 12.7. The highest BCUT2D eigenvalue weighted by Crippen LogP contribution is 2.29. The summed E-state index contributed by atoms with van der Waals surface area (Å²) in [7, 11) is -3.47. The van der Waals surface area contributed by atoms with Crippen LogP contribution in [-0.2, 0) is 16.6 Å². The number of hydrogen-bond acceptors (Lipinski definition) is 6. The molecular formula is C19H18Cl2N4O3S. The van der Waals surface area contributed by atoms with Gasteiger partial charge in [-0.05, 0) is 30.3 Å². The minimum absolute atomic E-state index is 0.316. The lowest BCUT2D eigenvalue weighted by molar-refractivity contribution is 0.176. The summed E-state index contributed by atoms with van der Waals surface area (Å²) in [6.45, 7) is 2.44. The molecule has 0 N–H and O–H groups in total. The van der Waals surface area contributed by atoms with Crippen LogP contribution < -0.4 is 0 Å². The van der Waals surface area contributed by atoms with Gasteiger partial charge in [0.25, 0.3) is 5.89 Å². The highest BCUT2D eigenvalue weighted by Gasteiger charge is 2.28. The van der Waals surface area contributed by atoms with Crippen LogP contribution in [0.3, 0.4) is 0 Å². The van der Waals surface area contributed by atoms with E-state index in [1.807, 2.05) is 0 Å². The maximum absolute atomic E-state index is 12.7. The molecule has 2 aromatic carbocycles. The Balaban J connectivity index is 1.39. The normalized spacial score (nSPS) is 16.2. The summed E-state index contributed by atoms with van der Waals surface area (Å²) < 4.78 is 32.3. The third kappa shape index (κ3) is 4.46. The fraction of sp³-hybridized carbons (Fsp3) is 0.263. The fourth-order valence-electron chi connectivity index (χ4n) is 3.16. The molecule has 3 aromatic rings. The summed E-state index contributed by atoms with van der Waals surface area (Å²) in [5.74, 6) is 0.845. The quantitative estimate of drug-likeness (QED) is 0.588. The lowest BCUT2D eigenvalue weighted by atomic mass is 10.2. The summed E-state index contributed by atoms with van der Waals surface area (Å²) >= 11 is 12.1. The van der Waals surface area contributed by atoms with E-state index in [0.29, 0.717) is 64.9 Å². The molecule has 152 valence electrons. The van der Waals surface area contributed by atoms with E-state index in [-0.39, 0.29) is 0 Å². The Hall–Kier alpha value is -1.97. The molecule has 29 heavy (non-hydrogen) atoms. The molecule has 0 amide bonds. The third-order valence-corrected chi connectivity index (χ3v) is 7.17. The third-order valence-electron chi connectivity index (χ3n) is 4.71. The molecule has 0 spiro atoms. The molecule has 4 rings (SSSR count). The zero-order valence-corrected chi connectivity index (χ0v) is 17.7. The van der Waals surface area contributed by atoms with E-state index in [0.717, 1.165) is 0 Å². The van der Waals surface area contributed by atoms with Crippen molar-refractivity contribution in [2.24, 2.45) is 0 Å². The molecule has 1 aromatic heterocycles. The Morgan fingerprint density at radius 2 is 1.72 bits per heavy atom. The van der Waals surface area contributed by atoms with Crippen molar-refractivity contribution in [1.82, 2.24) is 19.3 Å². The second kappa shape index (κ2) is 8.41. The standard InChI is InChI=1S/C19H18Cl2N4O3S/c20-14-6-7-16(17(21)12-14)19-22-18(23-28-19)13-24-8-10-25(11-9-24)29(26,27)15-4-2-1-3-5-15/h1-7,12H,8-11,13H2. The molecule has 1 fully saturated rings. The largest absolute Gasteiger partial charge is 0.334 e. The van der Waals surface area contributed by atoms with Crippen molar-refractivity contribution in [2.45, 2.75) is 11.4 Å². The monoisotopic (exact) mass is 452 g/mol. The molecule has 0 atom stereocenters. The van der Waals surface area contributed by atoms with Crippen molar-refractivity contribution in [3.05, 3.63) is 64.4 Å². The van der Waals surface area contributed by atoms with Gasteiger partial charge in [0.2, 0.25) is 10.0 Å². The van der Waals surface area contributed by atoms with Crippen molar-refractivity contribution in [1.29, 1.82) is 0 Å². The first-order valence-electron chi connectivity index (χ1n) is 8.99. The minimum atomic E-state index is -3.47. The molecule has 10 heteroatoms. The van der Waals surface area contributed by atoms with Crippen LogP contribution in [0.25, 0.3) is 11.5 Å². The van der Waals surface area contributed by atoms with Crippen molar-refractivity contribution in [3.8, 4) is 11.5 Å². The predicted molar refractivity (Wildman–Crippen MR) is 110 cm³/mol. The summed E-state index contributed by atoms with van der Waals surface area (Å²) in [6, 6.07) is 13.5. The van der Waals surface area contributed by atoms with E-state index >= 15 is 0 Å². The summed E-state index contributed by atoms with van der Waals surface area (Å²) in [4.78, 5) is 6.81. The number of nitrogens with zero attached hydrogens (tertiary/aromatic N) is 4.